The van der Waals surface area contributed by atoms with E-state index in [-0.39, 0.29) is 5.91 Å². The summed E-state index contributed by atoms with van der Waals surface area (Å²) in [5, 5.41) is 6.08. The van der Waals surface area contributed by atoms with Gasteiger partial charge >= 0.3 is 0 Å². The van der Waals surface area contributed by atoms with E-state index < -0.39 is 0 Å². The quantitative estimate of drug-likeness (QED) is 0.819. The summed E-state index contributed by atoms with van der Waals surface area (Å²) in [6.45, 7) is 4.73. The van der Waals surface area contributed by atoms with Crippen LogP contribution in [0.25, 0.3) is 0 Å². The number of anilines is 1. The lowest BCUT2D eigenvalue weighted by Crippen LogP contribution is -2.29. The topological polar surface area (TPSA) is 41.1 Å². The van der Waals surface area contributed by atoms with Crippen LogP contribution in [-0.2, 0) is 4.79 Å². The Bertz CT molecular complexity index is 380. The SMILES string of the molecule is CC(C)c1ccc(NC(=O)CNC2CC2)cc1. The molecule has 17 heavy (non-hydrogen) atoms. The zero-order valence-electron chi connectivity index (χ0n) is 10.5. The van der Waals surface area contributed by atoms with Gasteiger partial charge in [0, 0.05) is 11.7 Å². The monoisotopic (exact) mass is 232 g/mol. The van der Waals surface area contributed by atoms with Crippen molar-refractivity contribution < 1.29 is 4.79 Å². The fourth-order valence-corrected chi connectivity index (χ4v) is 1.68. The zero-order valence-corrected chi connectivity index (χ0v) is 10.5. The molecule has 1 amide bonds. The van der Waals surface area contributed by atoms with Crippen molar-refractivity contribution in [3.8, 4) is 0 Å². The Morgan fingerprint density at radius 1 is 1.29 bits per heavy atom. The van der Waals surface area contributed by atoms with Crippen molar-refractivity contribution in [1.82, 2.24) is 5.32 Å². The van der Waals surface area contributed by atoms with Crippen LogP contribution in [0.3, 0.4) is 0 Å². The molecule has 1 aliphatic carbocycles. The Hall–Kier alpha value is -1.35. The van der Waals surface area contributed by atoms with E-state index in [0.717, 1.165) is 5.69 Å². The normalized spacial score (nSPS) is 15.0. The molecular weight excluding hydrogens is 212 g/mol. The Balaban J connectivity index is 1.82. The predicted molar refractivity (Wildman–Crippen MR) is 70.2 cm³/mol. The van der Waals surface area contributed by atoms with Gasteiger partial charge in [0.2, 0.25) is 5.91 Å². The molecule has 0 spiro atoms. The molecule has 2 rings (SSSR count). The minimum atomic E-state index is 0.0363. The summed E-state index contributed by atoms with van der Waals surface area (Å²) in [7, 11) is 0. The van der Waals surface area contributed by atoms with Crippen LogP contribution in [0, 0.1) is 0 Å². The van der Waals surface area contributed by atoms with E-state index in [1.165, 1.54) is 18.4 Å². The van der Waals surface area contributed by atoms with Crippen LogP contribution in [0.15, 0.2) is 24.3 Å². The summed E-state index contributed by atoms with van der Waals surface area (Å²) in [6.07, 6.45) is 2.41. The summed E-state index contributed by atoms with van der Waals surface area (Å²) in [4.78, 5) is 11.6. The van der Waals surface area contributed by atoms with Crippen LogP contribution >= 0.6 is 0 Å². The van der Waals surface area contributed by atoms with Gasteiger partial charge in [0.05, 0.1) is 6.54 Å². The molecule has 0 saturated heterocycles. The van der Waals surface area contributed by atoms with Crippen molar-refractivity contribution in [3.05, 3.63) is 29.8 Å². The molecular formula is C14H20N2O. The maximum atomic E-state index is 11.6. The molecule has 1 aromatic carbocycles. The second-order valence-electron chi connectivity index (χ2n) is 4.98. The van der Waals surface area contributed by atoms with E-state index >= 15 is 0 Å². The van der Waals surface area contributed by atoms with Gasteiger partial charge in [0.25, 0.3) is 0 Å². The van der Waals surface area contributed by atoms with Crippen molar-refractivity contribution in [2.24, 2.45) is 0 Å². The minimum Gasteiger partial charge on any atom is -0.325 e. The predicted octanol–water partition coefficient (Wildman–Crippen LogP) is 2.50. The van der Waals surface area contributed by atoms with Gasteiger partial charge in [0.15, 0.2) is 0 Å². The van der Waals surface area contributed by atoms with Crippen LogP contribution in [-0.4, -0.2) is 18.5 Å². The molecule has 1 aliphatic rings. The number of hydrogen-bond acceptors (Lipinski definition) is 2. The van der Waals surface area contributed by atoms with Crippen molar-refractivity contribution in [2.45, 2.75) is 38.6 Å². The first-order valence-electron chi connectivity index (χ1n) is 6.28. The molecule has 0 aromatic heterocycles. The number of carbonyl (C=O) groups is 1. The second kappa shape index (κ2) is 5.32. The highest BCUT2D eigenvalue weighted by atomic mass is 16.1. The highest BCUT2D eigenvalue weighted by molar-refractivity contribution is 5.92. The van der Waals surface area contributed by atoms with Gasteiger partial charge in [-0.2, -0.15) is 0 Å². The average Bonchev–Trinajstić information content (AvgIpc) is 3.11. The number of benzene rings is 1. The third-order valence-electron chi connectivity index (χ3n) is 2.99. The molecule has 0 unspecified atom stereocenters. The minimum absolute atomic E-state index is 0.0363. The van der Waals surface area contributed by atoms with Gasteiger partial charge in [-0.15, -0.1) is 0 Å². The molecule has 0 atom stereocenters. The fraction of sp³-hybridized carbons (Fsp3) is 0.500. The van der Waals surface area contributed by atoms with E-state index in [4.69, 9.17) is 0 Å². The summed E-state index contributed by atoms with van der Waals surface area (Å²) in [5.74, 6) is 0.561. The zero-order chi connectivity index (χ0) is 12.3. The molecule has 0 heterocycles. The molecule has 0 radical (unpaired) electrons. The lowest BCUT2D eigenvalue weighted by Gasteiger charge is -2.08. The average molecular weight is 232 g/mol. The van der Waals surface area contributed by atoms with E-state index in [1.807, 2.05) is 12.1 Å². The highest BCUT2D eigenvalue weighted by Gasteiger charge is 2.21. The number of carbonyl (C=O) groups excluding carboxylic acids is 1. The Morgan fingerprint density at radius 2 is 1.94 bits per heavy atom. The second-order valence-corrected chi connectivity index (χ2v) is 4.98. The third-order valence-corrected chi connectivity index (χ3v) is 2.99. The molecule has 2 N–H and O–H groups in total. The summed E-state index contributed by atoms with van der Waals surface area (Å²) in [6, 6.07) is 8.63. The van der Waals surface area contributed by atoms with Gasteiger partial charge in [-0.25, -0.2) is 0 Å². The lowest BCUT2D eigenvalue weighted by atomic mass is 10.0. The van der Waals surface area contributed by atoms with Crippen LogP contribution in [0.5, 0.6) is 0 Å². The fourth-order valence-electron chi connectivity index (χ4n) is 1.68. The van der Waals surface area contributed by atoms with Gasteiger partial charge < -0.3 is 10.6 Å². The maximum absolute atomic E-state index is 11.6. The molecule has 0 aliphatic heterocycles. The number of hydrogen-bond donors (Lipinski definition) is 2. The van der Waals surface area contributed by atoms with E-state index in [2.05, 4.69) is 36.6 Å². The standard InChI is InChI=1S/C14H20N2O/c1-10(2)11-3-5-13(6-4-11)16-14(17)9-15-12-7-8-12/h3-6,10,12,15H,7-9H2,1-2H3,(H,16,17). The van der Waals surface area contributed by atoms with Crippen LogP contribution < -0.4 is 10.6 Å². The molecule has 0 bridgehead atoms. The van der Waals surface area contributed by atoms with E-state index in [9.17, 15) is 4.79 Å². The van der Waals surface area contributed by atoms with Crippen molar-refractivity contribution in [2.75, 3.05) is 11.9 Å². The highest BCUT2D eigenvalue weighted by Crippen LogP contribution is 2.18. The van der Waals surface area contributed by atoms with E-state index in [1.54, 1.807) is 0 Å². The summed E-state index contributed by atoms with van der Waals surface area (Å²) < 4.78 is 0. The Kier molecular flexibility index (Phi) is 3.79. The van der Waals surface area contributed by atoms with Crippen LogP contribution in [0.4, 0.5) is 5.69 Å². The van der Waals surface area contributed by atoms with Crippen LogP contribution in [0.1, 0.15) is 38.2 Å². The molecule has 3 nitrogen and oxygen atoms in total. The van der Waals surface area contributed by atoms with Crippen LogP contribution in [0.2, 0.25) is 0 Å². The van der Waals surface area contributed by atoms with Gasteiger partial charge in [0.1, 0.15) is 0 Å². The van der Waals surface area contributed by atoms with Crippen molar-refractivity contribution in [3.63, 3.8) is 0 Å². The lowest BCUT2D eigenvalue weighted by molar-refractivity contribution is -0.115. The number of nitrogens with one attached hydrogen (secondary N) is 2. The number of amides is 1. The van der Waals surface area contributed by atoms with Gasteiger partial charge in [-0.3, -0.25) is 4.79 Å². The molecule has 3 heteroatoms. The number of rotatable bonds is 5. The maximum Gasteiger partial charge on any atom is 0.238 e. The Labute approximate surface area is 103 Å². The summed E-state index contributed by atoms with van der Waals surface area (Å²) >= 11 is 0. The first-order chi connectivity index (χ1) is 8.15. The van der Waals surface area contributed by atoms with Gasteiger partial charge in [-0.05, 0) is 36.5 Å². The van der Waals surface area contributed by atoms with Crippen molar-refractivity contribution >= 4 is 11.6 Å². The van der Waals surface area contributed by atoms with E-state index in [0.29, 0.717) is 18.5 Å². The third kappa shape index (κ3) is 3.86. The summed E-state index contributed by atoms with van der Waals surface area (Å²) in [5.41, 5.74) is 2.16. The van der Waals surface area contributed by atoms with Crippen molar-refractivity contribution in [1.29, 1.82) is 0 Å². The largest absolute Gasteiger partial charge is 0.325 e. The molecule has 1 saturated carbocycles. The first kappa shape index (κ1) is 12.1. The first-order valence-corrected chi connectivity index (χ1v) is 6.28. The van der Waals surface area contributed by atoms with Gasteiger partial charge in [-0.1, -0.05) is 26.0 Å². The Morgan fingerprint density at radius 3 is 2.47 bits per heavy atom. The molecule has 1 fully saturated rings. The molecule has 92 valence electrons. The smallest absolute Gasteiger partial charge is 0.238 e. The molecule has 1 aromatic rings.